The van der Waals surface area contributed by atoms with Crippen molar-refractivity contribution < 1.29 is 37.4 Å². The molecule has 0 spiro atoms. The van der Waals surface area contributed by atoms with Gasteiger partial charge in [-0.1, -0.05) is 25.5 Å². The SMILES string of the molecule is CCCc1cccc(-n2nnn(C)c2=O)c1COc1cc[n-]n1.[Y]. The van der Waals surface area contributed by atoms with Crippen molar-refractivity contribution in [1.29, 1.82) is 0 Å². The van der Waals surface area contributed by atoms with Crippen LogP contribution in [0, 0.1) is 0 Å². The molecule has 2 aromatic heterocycles. The van der Waals surface area contributed by atoms with Crippen molar-refractivity contribution in [3.05, 3.63) is 52.1 Å². The zero-order valence-electron chi connectivity index (χ0n) is 13.6. The van der Waals surface area contributed by atoms with E-state index in [9.17, 15) is 4.79 Å². The molecule has 0 saturated carbocycles. The molecule has 3 rings (SSSR count). The molecule has 0 N–H and O–H groups in total. The summed E-state index contributed by atoms with van der Waals surface area (Å²) in [6.07, 6.45) is 3.44. The van der Waals surface area contributed by atoms with E-state index >= 15 is 0 Å². The van der Waals surface area contributed by atoms with Crippen LogP contribution in [0.5, 0.6) is 5.88 Å². The van der Waals surface area contributed by atoms with Gasteiger partial charge in [0.1, 0.15) is 6.61 Å². The summed E-state index contributed by atoms with van der Waals surface area (Å²) in [4.78, 5) is 12.2. The summed E-state index contributed by atoms with van der Waals surface area (Å²) >= 11 is 0. The standard InChI is InChI=1S/C15H17N6O2.Y/c1-3-5-11-6-4-7-13(21-15(22)20(2)18-19-21)12(11)10-23-14-8-9-16-17-14;/h4,6-9H,3,5,10H2,1-2H3;/q-1;. The number of rotatable bonds is 6. The number of tetrazole rings is 1. The molecule has 0 aliphatic heterocycles. The van der Waals surface area contributed by atoms with Crippen LogP contribution in [-0.2, 0) is 52.8 Å². The van der Waals surface area contributed by atoms with E-state index in [4.69, 9.17) is 4.74 Å². The van der Waals surface area contributed by atoms with E-state index in [-0.39, 0.29) is 45.0 Å². The Labute approximate surface area is 164 Å². The van der Waals surface area contributed by atoms with Gasteiger partial charge >= 0.3 is 5.69 Å². The van der Waals surface area contributed by atoms with Crippen LogP contribution >= 0.6 is 0 Å². The van der Waals surface area contributed by atoms with Gasteiger partial charge in [-0.3, -0.25) is 0 Å². The fourth-order valence-electron chi connectivity index (χ4n) is 2.40. The molecule has 0 saturated heterocycles. The van der Waals surface area contributed by atoms with Crippen LogP contribution in [0.15, 0.2) is 35.3 Å². The smallest absolute Gasteiger partial charge is 0.368 e. The first kappa shape index (κ1) is 18.5. The van der Waals surface area contributed by atoms with E-state index in [1.54, 1.807) is 19.3 Å². The zero-order chi connectivity index (χ0) is 16.2. The molecule has 2 heterocycles. The molecule has 0 amide bonds. The van der Waals surface area contributed by atoms with Gasteiger partial charge in [-0.25, -0.2) is 4.79 Å². The van der Waals surface area contributed by atoms with Crippen LogP contribution in [0.1, 0.15) is 24.5 Å². The first-order valence-corrected chi connectivity index (χ1v) is 7.38. The van der Waals surface area contributed by atoms with Crippen molar-refractivity contribution in [2.24, 2.45) is 7.05 Å². The van der Waals surface area contributed by atoms with E-state index < -0.39 is 0 Å². The summed E-state index contributed by atoms with van der Waals surface area (Å²) < 4.78 is 8.16. The molecule has 0 unspecified atom stereocenters. The number of ether oxygens (including phenoxy) is 1. The molecule has 0 aliphatic rings. The molecule has 9 heteroatoms. The predicted octanol–water partition coefficient (Wildman–Crippen LogP) is 0.847. The molecular weight excluding hydrogens is 385 g/mol. The molecule has 1 radical (unpaired) electrons. The van der Waals surface area contributed by atoms with Crippen LogP contribution in [0.3, 0.4) is 0 Å². The Kier molecular flexibility index (Phi) is 6.45. The average molecular weight is 402 g/mol. The van der Waals surface area contributed by atoms with Crippen LogP contribution in [0.2, 0.25) is 0 Å². The number of aryl methyl sites for hydroxylation is 2. The van der Waals surface area contributed by atoms with Crippen molar-refractivity contribution in [3.8, 4) is 11.6 Å². The van der Waals surface area contributed by atoms with Gasteiger partial charge in [0.05, 0.1) is 5.69 Å². The van der Waals surface area contributed by atoms with Gasteiger partial charge in [-0.15, -0.1) is 0 Å². The fourth-order valence-corrected chi connectivity index (χ4v) is 2.40. The van der Waals surface area contributed by atoms with Crippen LogP contribution in [0.4, 0.5) is 0 Å². The maximum absolute atomic E-state index is 12.2. The maximum Gasteiger partial charge on any atom is 0.368 e. The topological polar surface area (TPSA) is 88.9 Å². The Bertz CT molecular complexity index is 840. The molecular formula is C15H17N6O2Y-. The molecule has 0 fully saturated rings. The third-order valence-corrected chi connectivity index (χ3v) is 3.52. The summed E-state index contributed by atoms with van der Waals surface area (Å²) in [5.74, 6) is 0.453. The van der Waals surface area contributed by atoms with Gasteiger partial charge in [0, 0.05) is 45.3 Å². The zero-order valence-corrected chi connectivity index (χ0v) is 16.4. The number of nitrogens with zero attached hydrogens (tertiary/aromatic N) is 6. The summed E-state index contributed by atoms with van der Waals surface area (Å²) in [5, 5.41) is 15.3. The van der Waals surface area contributed by atoms with Crippen molar-refractivity contribution in [2.45, 2.75) is 26.4 Å². The molecule has 0 aliphatic carbocycles. The number of hydrogen-bond acceptors (Lipinski definition) is 5. The molecule has 8 nitrogen and oxygen atoms in total. The van der Waals surface area contributed by atoms with E-state index in [1.165, 1.54) is 9.36 Å². The third-order valence-electron chi connectivity index (χ3n) is 3.52. The minimum Gasteiger partial charge on any atom is -0.579 e. The average Bonchev–Trinajstić information content (AvgIpc) is 3.18. The number of hydrogen-bond donors (Lipinski definition) is 0. The van der Waals surface area contributed by atoms with E-state index in [2.05, 4.69) is 27.5 Å². The second kappa shape index (κ2) is 8.35. The van der Waals surface area contributed by atoms with Crippen molar-refractivity contribution in [1.82, 2.24) is 30.0 Å². The van der Waals surface area contributed by atoms with Crippen LogP contribution in [-0.4, -0.2) is 24.9 Å². The van der Waals surface area contributed by atoms with Gasteiger partial charge in [0.2, 0.25) is 0 Å². The molecule has 24 heavy (non-hydrogen) atoms. The summed E-state index contributed by atoms with van der Waals surface area (Å²) in [6, 6.07) is 7.47. The molecule has 1 aromatic carbocycles. The first-order valence-electron chi connectivity index (χ1n) is 7.38. The largest absolute Gasteiger partial charge is 0.579 e. The van der Waals surface area contributed by atoms with Gasteiger partial charge in [-0.2, -0.15) is 15.6 Å². The van der Waals surface area contributed by atoms with Crippen molar-refractivity contribution in [3.63, 3.8) is 0 Å². The Hall–Kier alpha value is -1.80. The first-order chi connectivity index (χ1) is 11.2. The monoisotopic (exact) mass is 402 g/mol. The van der Waals surface area contributed by atoms with Gasteiger partial charge in [0.25, 0.3) is 0 Å². The molecule has 123 valence electrons. The van der Waals surface area contributed by atoms with E-state index in [0.717, 1.165) is 24.0 Å². The van der Waals surface area contributed by atoms with Gasteiger partial charge < -0.3 is 14.9 Å². The maximum atomic E-state index is 12.2. The van der Waals surface area contributed by atoms with Gasteiger partial charge in [0.15, 0.2) is 5.88 Å². The number of aromatic nitrogens is 6. The third kappa shape index (κ3) is 3.81. The van der Waals surface area contributed by atoms with E-state index in [1.807, 2.05) is 18.2 Å². The number of benzene rings is 1. The Morgan fingerprint density at radius 2 is 2.08 bits per heavy atom. The Morgan fingerprint density at radius 1 is 1.25 bits per heavy atom. The predicted molar refractivity (Wildman–Crippen MR) is 82.5 cm³/mol. The van der Waals surface area contributed by atoms with Crippen LogP contribution in [0.25, 0.3) is 5.69 Å². The summed E-state index contributed by atoms with van der Waals surface area (Å²) in [7, 11) is 1.57. The minimum absolute atomic E-state index is 0. The summed E-state index contributed by atoms with van der Waals surface area (Å²) in [6.45, 7) is 2.39. The Balaban J connectivity index is 0.00000208. The second-order valence-electron chi connectivity index (χ2n) is 5.12. The Morgan fingerprint density at radius 3 is 2.71 bits per heavy atom. The minimum atomic E-state index is -0.298. The van der Waals surface area contributed by atoms with Crippen LogP contribution < -0.4 is 15.5 Å². The normalized spacial score (nSPS) is 10.4. The van der Waals surface area contributed by atoms with Gasteiger partial charge in [-0.05, 0) is 34.5 Å². The summed E-state index contributed by atoms with van der Waals surface area (Å²) in [5.41, 5.74) is 2.39. The van der Waals surface area contributed by atoms with Crippen molar-refractivity contribution in [2.75, 3.05) is 0 Å². The second-order valence-corrected chi connectivity index (χ2v) is 5.12. The molecule has 0 bridgehead atoms. The molecule has 3 aromatic rings. The van der Waals surface area contributed by atoms with Crippen molar-refractivity contribution >= 4 is 0 Å². The quantitative estimate of drug-likeness (QED) is 0.608. The van der Waals surface area contributed by atoms with E-state index in [0.29, 0.717) is 11.6 Å². The molecule has 0 atom stereocenters. The fraction of sp³-hybridized carbons (Fsp3) is 0.333.